The quantitative estimate of drug-likeness (QED) is 0.935. The smallest absolute Gasteiger partial charge is 0.138 e. The highest BCUT2D eigenvalue weighted by Crippen LogP contribution is 2.22. The van der Waals surface area contributed by atoms with Gasteiger partial charge in [0.05, 0.1) is 6.54 Å². The SMILES string of the molecule is C[C@H](N[C@@H]1CCc2ncnn2C1)c1ccc(Br)cc1F. The Kier molecular flexibility index (Phi) is 3.85. The molecule has 2 aromatic rings. The molecule has 1 N–H and O–H groups in total. The Bertz CT molecular complexity index is 613. The van der Waals surface area contributed by atoms with Crippen LogP contribution in [0.15, 0.2) is 29.0 Å². The molecule has 0 saturated carbocycles. The van der Waals surface area contributed by atoms with Crippen LogP contribution < -0.4 is 5.32 Å². The van der Waals surface area contributed by atoms with E-state index in [2.05, 4.69) is 31.3 Å². The minimum Gasteiger partial charge on any atom is -0.305 e. The summed E-state index contributed by atoms with van der Waals surface area (Å²) in [5.74, 6) is 0.849. The van der Waals surface area contributed by atoms with Crippen molar-refractivity contribution in [1.29, 1.82) is 0 Å². The summed E-state index contributed by atoms with van der Waals surface area (Å²) in [6, 6.07) is 5.46. The molecular weight excluding hydrogens is 323 g/mol. The van der Waals surface area contributed by atoms with Gasteiger partial charge in [-0.25, -0.2) is 14.1 Å². The zero-order valence-electron chi connectivity index (χ0n) is 11.2. The van der Waals surface area contributed by atoms with E-state index in [1.807, 2.05) is 23.7 Å². The molecule has 1 aromatic carbocycles. The van der Waals surface area contributed by atoms with Crippen molar-refractivity contribution in [3.8, 4) is 0 Å². The molecule has 6 heteroatoms. The van der Waals surface area contributed by atoms with Crippen molar-refractivity contribution in [1.82, 2.24) is 20.1 Å². The number of fused-ring (bicyclic) bond motifs is 1. The standard InChI is InChI=1S/C14H16BrFN4/c1-9(12-4-2-10(15)6-13(12)16)19-11-3-5-14-17-8-18-20(14)7-11/h2,4,6,8-9,11,19H,3,5,7H2,1H3/t9-,11+/m0/s1. The predicted octanol–water partition coefficient (Wildman–Crippen LogP) is 2.85. The first-order valence-corrected chi connectivity index (χ1v) is 7.50. The van der Waals surface area contributed by atoms with Crippen molar-refractivity contribution < 1.29 is 4.39 Å². The molecule has 2 atom stereocenters. The third-order valence-corrected chi connectivity index (χ3v) is 4.21. The second-order valence-electron chi connectivity index (χ2n) is 5.15. The van der Waals surface area contributed by atoms with E-state index in [1.54, 1.807) is 6.33 Å². The lowest BCUT2D eigenvalue weighted by Gasteiger charge is -2.27. The van der Waals surface area contributed by atoms with Crippen LogP contribution in [0.4, 0.5) is 4.39 Å². The Hall–Kier alpha value is -1.27. The van der Waals surface area contributed by atoms with Gasteiger partial charge in [-0.2, -0.15) is 5.10 Å². The molecule has 0 saturated heterocycles. The number of nitrogens with zero attached hydrogens (tertiary/aromatic N) is 3. The van der Waals surface area contributed by atoms with E-state index < -0.39 is 0 Å². The number of benzene rings is 1. The first-order chi connectivity index (χ1) is 9.63. The number of hydrogen-bond acceptors (Lipinski definition) is 3. The number of aromatic nitrogens is 3. The zero-order valence-corrected chi connectivity index (χ0v) is 12.8. The minimum absolute atomic E-state index is 0.0295. The average Bonchev–Trinajstić information content (AvgIpc) is 2.85. The van der Waals surface area contributed by atoms with E-state index in [9.17, 15) is 4.39 Å². The van der Waals surface area contributed by atoms with Gasteiger partial charge in [0, 0.05) is 28.5 Å². The van der Waals surface area contributed by atoms with Gasteiger partial charge in [0.15, 0.2) is 0 Å². The van der Waals surface area contributed by atoms with E-state index >= 15 is 0 Å². The maximum atomic E-state index is 13.9. The number of nitrogens with one attached hydrogen (secondary N) is 1. The number of halogens is 2. The summed E-state index contributed by atoms with van der Waals surface area (Å²) >= 11 is 3.28. The molecule has 20 heavy (non-hydrogen) atoms. The van der Waals surface area contributed by atoms with Crippen LogP contribution in [0.2, 0.25) is 0 Å². The molecule has 106 valence electrons. The van der Waals surface area contributed by atoms with Crippen LogP contribution in [0, 0.1) is 5.82 Å². The Balaban J connectivity index is 1.69. The second-order valence-corrected chi connectivity index (χ2v) is 6.06. The lowest BCUT2D eigenvalue weighted by Crippen LogP contribution is -2.39. The molecule has 0 unspecified atom stereocenters. The van der Waals surface area contributed by atoms with E-state index in [-0.39, 0.29) is 11.9 Å². The summed E-state index contributed by atoms with van der Waals surface area (Å²) in [6.07, 6.45) is 3.50. The van der Waals surface area contributed by atoms with E-state index in [0.29, 0.717) is 11.6 Å². The Labute approximate surface area is 125 Å². The van der Waals surface area contributed by atoms with Gasteiger partial charge in [0.2, 0.25) is 0 Å². The molecule has 4 nitrogen and oxygen atoms in total. The van der Waals surface area contributed by atoms with Gasteiger partial charge in [0.1, 0.15) is 18.0 Å². The molecular formula is C14H16BrFN4. The van der Waals surface area contributed by atoms with Gasteiger partial charge in [-0.1, -0.05) is 22.0 Å². The van der Waals surface area contributed by atoms with Crippen molar-refractivity contribution in [3.05, 3.63) is 46.2 Å². The molecule has 0 bridgehead atoms. The van der Waals surface area contributed by atoms with Gasteiger partial charge in [-0.15, -0.1) is 0 Å². The third kappa shape index (κ3) is 2.76. The van der Waals surface area contributed by atoms with Crippen molar-refractivity contribution in [2.45, 2.75) is 38.4 Å². The summed E-state index contributed by atoms with van der Waals surface area (Å²) in [4.78, 5) is 4.21. The van der Waals surface area contributed by atoms with Crippen LogP contribution in [0.25, 0.3) is 0 Å². The van der Waals surface area contributed by atoms with Gasteiger partial charge in [-0.05, 0) is 25.5 Å². The fourth-order valence-electron chi connectivity index (χ4n) is 2.67. The Morgan fingerprint density at radius 1 is 1.50 bits per heavy atom. The summed E-state index contributed by atoms with van der Waals surface area (Å²) < 4.78 is 16.6. The average molecular weight is 339 g/mol. The van der Waals surface area contributed by atoms with Crippen LogP contribution in [0.3, 0.4) is 0 Å². The summed E-state index contributed by atoms with van der Waals surface area (Å²) in [5.41, 5.74) is 0.692. The highest BCUT2D eigenvalue weighted by atomic mass is 79.9. The van der Waals surface area contributed by atoms with Gasteiger partial charge in [-0.3, -0.25) is 0 Å². The van der Waals surface area contributed by atoms with E-state index in [4.69, 9.17) is 0 Å². The van der Waals surface area contributed by atoms with Crippen LogP contribution in [-0.4, -0.2) is 20.8 Å². The van der Waals surface area contributed by atoms with Crippen LogP contribution in [-0.2, 0) is 13.0 Å². The van der Waals surface area contributed by atoms with Crippen LogP contribution >= 0.6 is 15.9 Å². The Morgan fingerprint density at radius 2 is 2.35 bits per heavy atom. The van der Waals surface area contributed by atoms with Crippen molar-refractivity contribution in [2.24, 2.45) is 0 Å². The van der Waals surface area contributed by atoms with E-state index in [0.717, 1.165) is 29.7 Å². The molecule has 1 aliphatic heterocycles. The van der Waals surface area contributed by atoms with Crippen molar-refractivity contribution >= 4 is 15.9 Å². The van der Waals surface area contributed by atoms with Gasteiger partial charge in [0.25, 0.3) is 0 Å². The third-order valence-electron chi connectivity index (χ3n) is 3.72. The largest absolute Gasteiger partial charge is 0.305 e. The maximum Gasteiger partial charge on any atom is 0.138 e. The molecule has 1 aromatic heterocycles. The molecule has 2 heterocycles. The lowest BCUT2D eigenvalue weighted by molar-refractivity contribution is 0.331. The summed E-state index contributed by atoms with van der Waals surface area (Å²) in [5, 5.41) is 7.68. The van der Waals surface area contributed by atoms with Gasteiger partial charge < -0.3 is 5.32 Å². The molecule has 0 radical (unpaired) electrons. The number of aryl methyl sites for hydroxylation is 1. The highest BCUT2D eigenvalue weighted by molar-refractivity contribution is 9.10. The van der Waals surface area contributed by atoms with E-state index in [1.165, 1.54) is 6.07 Å². The molecule has 0 spiro atoms. The lowest BCUT2D eigenvalue weighted by atomic mass is 10.0. The second kappa shape index (κ2) is 5.61. The normalized spacial score (nSPS) is 19.6. The van der Waals surface area contributed by atoms with Crippen molar-refractivity contribution in [3.63, 3.8) is 0 Å². The molecule has 0 amide bonds. The number of hydrogen-bond donors (Lipinski definition) is 1. The molecule has 0 aliphatic carbocycles. The van der Waals surface area contributed by atoms with Crippen LogP contribution in [0.5, 0.6) is 0 Å². The first-order valence-electron chi connectivity index (χ1n) is 6.71. The maximum absolute atomic E-state index is 13.9. The highest BCUT2D eigenvalue weighted by Gasteiger charge is 2.22. The topological polar surface area (TPSA) is 42.7 Å². The molecule has 3 rings (SSSR count). The Morgan fingerprint density at radius 3 is 3.15 bits per heavy atom. The van der Waals surface area contributed by atoms with Gasteiger partial charge >= 0.3 is 0 Å². The monoisotopic (exact) mass is 338 g/mol. The predicted molar refractivity (Wildman–Crippen MR) is 77.8 cm³/mol. The number of rotatable bonds is 3. The first kappa shape index (κ1) is 13.7. The van der Waals surface area contributed by atoms with Crippen LogP contribution in [0.1, 0.15) is 30.8 Å². The molecule has 0 fully saturated rings. The van der Waals surface area contributed by atoms with Crippen molar-refractivity contribution in [2.75, 3.05) is 0 Å². The summed E-state index contributed by atoms with van der Waals surface area (Å²) in [6.45, 7) is 2.78. The summed E-state index contributed by atoms with van der Waals surface area (Å²) in [7, 11) is 0. The molecule has 1 aliphatic rings. The zero-order chi connectivity index (χ0) is 14.1. The fourth-order valence-corrected chi connectivity index (χ4v) is 3.00. The fraction of sp³-hybridized carbons (Fsp3) is 0.429. The minimum atomic E-state index is -0.184.